The van der Waals surface area contributed by atoms with Crippen LogP contribution >= 0.6 is 0 Å². The van der Waals surface area contributed by atoms with E-state index in [-0.39, 0.29) is 0 Å². The Labute approximate surface area is 102 Å². The third-order valence-corrected chi connectivity index (χ3v) is 3.69. The van der Waals surface area contributed by atoms with Crippen LogP contribution in [0, 0.1) is 6.92 Å². The molecule has 8 heteroatoms. The van der Waals surface area contributed by atoms with E-state index in [2.05, 4.69) is 9.17 Å². The van der Waals surface area contributed by atoms with Crippen molar-refractivity contribution in [1.82, 2.24) is 4.98 Å². The molecule has 0 aromatic carbocycles. The lowest BCUT2D eigenvalue weighted by Gasteiger charge is -2.11. The highest BCUT2D eigenvalue weighted by atomic mass is 32.2. The van der Waals surface area contributed by atoms with Gasteiger partial charge >= 0.3 is 15.6 Å². The topological polar surface area (TPSA) is 56.3 Å². The second-order valence-corrected chi connectivity index (χ2v) is 5.58. The lowest BCUT2D eigenvalue weighted by atomic mass is 10.1. The molecule has 4 nitrogen and oxygen atoms in total. The van der Waals surface area contributed by atoms with Gasteiger partial charge in [-0.15, -0.1) is 0 Å². The first-order chi connectivity index (χ1) is 8.21. The van der Waals surface area contributed by atoms with Gasteiger partial charge in [0.25, 0.3) is 0 Å². The molecular weight excluding hydrogens is 271 g/mol. The van der Waals surface area contributed by atoms with Gasteiger partial charge in [0.2, 0.25) is 5.88 Å². The molecular formula is C10H10F3NO3S. The fourth-order valence-corrected chi connectivity index (χ4v) is 2.32. The Morgan fingerprint density at radius 3 is 2.61 bits per heavy atom. The SMILES string of the molecule is Cc1cc(OS(=O)(=O)C(F)(F)F)nc2c1CCC2. The Morgan fingerprint density at radius 1 is 1.33 bits per heavy atom. The second-order valence-electron chi connectivity index (χ2n) is 4.04. The molecule has 1 aromatic rings. The predicted octanol–water partition coefficient (Wildman–Crippen LogP) is 2.11. The standard InChI is InChI=1S/C10H10F3NO3S/c1-6-5-9(14-8-4-2-3-7(6)8)17-18(15,16)10(11,12)13/h5H,2-4H2,1H3. The Balaban J connectivity index is 2.35. The first-order valence-electron chi connectivity index (χ1n) is 5.21. The molecule has 100 valence electrons. The van der Waals surface area contributed by atoms with E-state index >= 15 is 0 Å². The number of fused-ring (bicyclic) bond motifs is 1. The zero-order valence-electron chi connectivity index (χ0n) is 9.41. The molecule has 0 saturated heterocycles. The summed E-state index contributed by atoms with van der Waals surface area (Å²) in [5.41, 5.74) is -3.17. The lowest BCUT2D eigenvalue weighted by molar-refractivity contribution is -0.0501. The molecule has 0 radical (unpaired) electrons. The van der Waals surface area contributed by atoms with E-state index in [0.717, 1.165) is 18.4 Å². The number of aryl methyl sites for hydroxylation is 2. The first kappa shape index (κ1) is 13.1. The minimum atomic E-state index is -5.65. The van der Waals surface area contributed by atoms with Crippen molar-refractivity contribution in [1.29, 1.82) is 0 Å². The molecule has 1 heterocycles. The minimum Gasteiger partial charge on any atom is -0.355 e. The van der Waals surface area contributed by atoms with Crippen molar-refractivity contribution in [3.05, 3.63) is 22.9 Å². The minimum absolute atomic E-state index is 0.523. The Hall–Kier alpha value is -1.31. The van der Waals surface area contributed by atoms with Crippen molar-refractivity contribution in [2.45, 2.75) is 31.7 Å². The van der Waals surface area contributed by atoms with E-state index in [1.165, 1.54) is 6.07 Å². The largest absolute Gasteiger partial charge is 0.534 e. The fourth-order valence-electron chi connectivity index (χ4n) is 1.92. The molecule has 0 saturated carbocycles. The molecule has 1 aliphatic carbocycles. The van der Waals surface area contributed by atoms with Crippen LogP contribution in [0.1, 0.15) is 23.2 Å². The molecule has 0 fully saturated rings. The van der Waals surface area contributed by atoms with Gasteiger partial charge in [-0.2, -0.15) is 21.6 Å². The summed E-state index contributed by atoms with van der Waals surface area (Å²) in [6.45, 7) is 1.69. The van der Waals surface area contributed by atoms with Crippen LogP contribution in [0.2, 0.25) is 0 Å². The van der Waals surface area contributed by atoms with Crippen LogP contribution in [-0.2, 0) is 23.0 Å². The van der Waals surface area contributed by atoms with Crippen LogP contribution in [0.4, 0.5) is 13.2 Å². The molecule has 1 aliphatic rings. The highest BCUT2D eigenvalue weighted by Crippen LogP contribution is 2.30. The summed E-state index contributed by atoms with van der Waals surface area (Å²) < 4.78 is 62.2. The van der Waals surface area contributed by atoms with Crippen molar-refractivity contribution in [2.75, 3.05) is 0 Å². The summed E-state index contributed by atoms with van der Waals surface area (Å²) in [6.07, 6.45) is 2.29. The van der Waals surface area contributed by atoms with Crippen LogP contribution in [-0.4, -0.2) is 18.9 Å². The normalized spacial score (nSPS) is 15.6. The molecule has 0 bridgehead atoms. The van der Waals surface area contributed by atoms with E-state index in [4.69, 9.17) is 0 Å². The zero-order chi connectivity index (χ0) is 13.6. The number of halogens is 3. The molecule has 0 atom stereocenters. The molecule has 0 spiro atoms. The molecule has 0 unspecified atom stereocenters. The van der Waals surface area contributed by atoms with Crippen molar-refractivity contribution in [2.24, 2.45) is 0 Å². The summed E-state index contributed by atoms with van der Waals surface area (Å²) in [6, 6.07) is 1.22. The summed E-state index contributed by atoms with van der Waals surface area (Å²) in [5.74, 6) is -0.523. The van der Waals surface area contributed by atoms with Gasteiger partial charge in [0, 0.05) is 11.8 Å². The third kappa shape index (κ3) is 2.29. The molecule has 1 aromatic heterocycles. The molecule has 18 heavy (non-hydrogen) atoms. The van der Waals surface area contributed by atoms with Gasteiger partial charge in [-0.05, 0) is 37.3 Å². The smallest absolute Gasteiger partial charge is 0.355 e. The quantitative estimate of drug-likeness (QED) is 0.615. The molecule has 0 amide bonds. The average Bonchev–Trinajstić information content (AvgIpc) is 2.63. The van der Waals surface area contributed by atoms with Crippen LogP contribution in [0.25, 0.3) is 0 Å². The number of aromatic nitrogens is 1. The van der Waals surface area contributed by atoms with Crippen LogP contribution in [0.3, 0.4) is 0 Å². The lowest BCUT2D eigenvalue weighted by Crippen LogP contribution is -2.28. The van der Waals surface area contributed by atoms with Crippen molar-refractivity contribution in [3.8, 4) is 5.88 Å². The van der Waals surface area contributed by atoms with Crippen LogP contribution in [0.15, 0.2) is 6.07 Å². The second kappa shape index (κ2) is 4.11. The first-order valence-corrected chi connectivity index (χ1v) is 6.62. The van der Waals surface area contributed by atoms with Crippen LogP contribution in [0.5, 0.6) is 5.88 Å². The summed E-state index contributed by atoms with van der Waals surface area (Å²) in [4.78, 5) is 3.81. The van der Waals surface area contributed by atoms with Gasteiger partial charge in [0.05, 0.1) is 0 Å². The maximum absolute atomic E-state index is 12.2. The monoisotopic (exact) mass is 281 g/mol. The zero-order valence-corrected chi connectivity index (χ0v) is 10.2. The Bertz CT molecular complexity index is 581. The van der Waals surface area contributed by atoms with E-state index in [1.807, 2.05) is 0 Å². The molecule has 0 aliphatic heterocycles. The van der Waals surface area contributed by atoms with Gasteiger partial charge in [-0.1, -0.05) is 0 Å². The average molecular weight is 281 g/mol. The summed E-state index contributed by atoms with van der Waals surface area (Å²) in [5, 5.41) is 0. The highest BCUT2D eigenvalue weighted by molar-refractivity contribution is 7.87. The van der Waals surface area contributed by atoms with Gasteiger partial charge < -0.3 is 4.18 Å². The third-order valence-electron chi connectivity index (χ3n) is 2.73. The van der Waals surface area contributed by atoms with Crippen LogP contribution < -0.4 is 4.18 Å². The van der Waals surface area contributed by atoms with Gasteiger partial charge in [-0.25, -0.2) is 4.98 Å². The van der Waals surface area contributed by atoms with E-state index in [9.17, 15) is 21.6 Å². The maximum atomic E-state index is 12.2. The number of alkyl halides is 3. The van der Waals surface area contributed by atoms with Gasteiger partial charge in [0.1, 0.15) is 0 Å². The fraction of sp³-hybridized carbons (Fsp3) is 0.500. The van der Waals surface area contributed by atoms with E-state index in [1.54, 1.807) is 6.92 Å². The number of nitrogens with zero attached hydrogens (tertiary/aromatic N) is 1. The van der Waals surface area contributed by atoms with E-state index < -0.39 is 21.5 Å². The highest BCUT2D eigenvalue weighted by Gasteiger charge is 2.49. The van der Waals surface area contributed by atoms with E-state index in [0.29, 0.717) is 17.7 Å². The van der Waals surface area contributed by atoms with Gasteiger partial charge in [0.15, 0.2) is 0 Å². The molecule has 2 rings (SSSR count). The summed E-state index contributed by atoms with van der Waals surface area (Å²) >= 11 is 0. The summed E-state index contributed by atoms with van der Waals surface area (Å²) in [7, 11) is -5.65. The number of hydrogen-bond acceptors (Lipinski definition) is 4. The Kier molecular flexibility index (Phi) is 3.00. The number of pyridine rings is 1. The van der Waals surface area contributed by atoms with Gasteiger partial charge in [-0.3, -0.25) is 0 Å². The predicted molar refractivity (Wildman–Crippen MR) is 56.6 cm³/mol. The maximum Gasteiger partial charge on any atom is 0.534 e. The number of rotatable bonds is 2. The Morgan fingerprint density at radius 2 is 2.00 bits per heavy atom. The van der Waals surface area contributed by atoms with Crippen molar-refractivity contribution >= 4 is 10.1 Å². The number of hydrogen-bond donors (Lipinski definition) is 0. The van der Waals surface area contributed by atoms with Crippen molar-refractivity contribution in [3.63, 3.8) is 0 Å². The molecule has 0 N–H and O–H groups in total. The van der Waals surface area contributed by atoms with Crippen molar-refractivity contribution < 1.29 is 25.8 Å².